The van der Waals surface area contributed by atoms with E-state index < -0.39 is 5.60 Å². The second-order valence-corrected chi connectivity index (χ2v) is 6.38. The van der Waals surface area contributed by atoms with Gasteiger partial charge in [-0.1, -0.05) is 0 Å². The minimum atomic E-state index is -0.494. The van der Waals surface area contributed by atoms with Gasteiger partial charge in [-0.3, -0.25) is 4.90 Å². The van der Waals surface area contributed by atoms with Crippen LogP contribution < -0.4 is 0 Å². The van der Waals surface area contributed by atoms with Gasteiger partial charge in [-0.2, -0.15) is 5.21 Å². The Kier molecular flexibility index (Phi) is 3.38. The molecule has 3 heterocycles. The molecule has 2 aromatic heterocycles. The molecule has 0 saturated carbocycles. The first-order chi connectivity index (χ1) is 10.4. The molecule has 0 bridgehead atoms. The summed E-state index contributed by atoms with van der Waals surface area (Å²) in [5.74, 6) is 0.559. The zero-order chi connectivity index (χ0) is 15.9. The Labute approximate surface area is 128 Å². The molecule has 0 aromatic carbocycles. The summed E-state index contributed by atoms with van der Waals surface area (Å²) in [6.07, 6.45) is -0.284. The van der Waals surface area contributed by atoms with Gasteiger partial charge >= 0.3 is 6.09 Å². The smallest absolute Gasteiger partial charge is 0.410 e. The third-order valence-corrected chi connectivity index (χ3v) is 3.68. The first-order valence-corrected chi connectivity index (χ1v) is 7.29. The van der Waals surface area contributed by atoms with Crippen LogP contribution in [0.1, 0.15) is 39.4 Å². The van der Waals surface area contributed by atoms with Crippen LogP contribution in [0.3, 0.4) is 0 Å². The standard InChI is InChI=1S/C14H20N6O2/c1-9-10-5-6-11(12-15-17-18-16-12)20(10)8-7-19(9)13(21)22-14(2,3)4/h5-6,9H,7-8H2,1-4H3,(H,15,16,17,18)/t9-/m1/s1. The highest BCUT2D eigenvalue weighted by Crippen LogP contribution is 2.31. The number of rotatable bonds is 1. The number of ether oxygens (including phenoxy) is 1. The highest BCUT2D eigenvalue weighted by molar-refractivity contribution is 5.69. The Balaban J connectivity index is 1.85. The van der Waals surface area contributed by atoms with Gasteiger partial charge in [0, 0.05) is 18.8 Å². The van der Waals surface area contributed by atoms with E-state index in [2.05, 4.69) is 25.2 Å². The molecule has 0 radical (unpaired) electrons. The van der Waals surface area contributed by atoms with E-state index in [9.17, 15) is 4.79 Å². The van der Waals surface area contributed by atoms with Crippen molar-refractivity contribution in [1.29, 1.82) is 0 Å². The van der Waals surface area contributed by atoms with Crippen molar-refractivity contribution in [1.82, 2.24) is 30.1 Å². The Morgan fingerprint density at radius 3 is 2.77 bits per heavy atom. The molecule has 1 atom stereocenters. The lowest BCUT2D eigenvalue weighted by Crippen LogP contribution is -2.43. The number of tetrazole rings is 1. The van der Waals surface area contributed by atoms with E-state index in [0.29, 0.717) is 18.9 Å². The predicted molar refractivity (Wildman–Crippen MR) is 79.0 cm³/mol. The number of fused-ring (bicyclic) bond motifs is 1. The molecule has 8 nitrogen and oxygen atoms in total. The van der Waals surface area contributed by atoms with E-state index in [1.54, 1.807) is 4.90 Å². The molecule has 1 amide bonds. The largest absolute Gasteiger partial charge is 0.444 e. The molecular formula is C14H20N6O2. The maximum absolute atomic E-state index is 12.3. The van der Waals surface area contributed by atoms with E-state index in [0.717, 1.165) is 11.4 Å². The van der Waals surface area contributed by atoms with E-state index in [-0.39, 0.29) is 12.1 Å². The summed E-state index contributed by atoms with van der Waals surface area (Å²) < 4.78 is 7.60. The van der Waals surface area contributed by atoms with Crippen LogP contribution in [0.5, 0.6) is 0 Å². The Hall–Kier alpha value is -2.38. The molecule has 0 fully saturated rings. The van der Waals surface area contributed by atoms with Crippen molar-refractivity contribution >= 4 is 6.09 Å². The third kappa shape index (κ3) is 2.56. The van der Waals surface area contributed by atoms with Crippen LogP contribution in [0.4, 0.5) is 4.79 Å². The number of nitrogens with zero attached hydrogens (tertiary/aromatic N) is 5. The highest BCUT2D eigenvalue weighted by atomic mass is 16.6. The highest BCUT2D eigenvalue weighted by Gasteiger charge is 2.32. The van der Waals surface area contributed by atoms with Gasteiger partial charge in [-0.25, -0.2) is 4.79 Å². The zero-order valence-electron chi connectivity index (χ0n) is 13.2. The summed E-state index contributed by atoms with van der Waals surface area (Å²) in [6, 6.07) is 3.88. The van der Waals surface area contributed by atoms with Gasteiger partial charge in [0.15, 0.2) is 0 Å². The van der Waals surface area contributed by atoms with Crippen LogP contribution in [0.2, 0.25) is 0 Å². The molecule has 1 N–H and O–H groups in total. The van der Waals surface area contributed by atoms with Gasteiger partial charge in [0.1, 0.15) is 5.60 Å². The number of hydrogen-bond donors (Lipinski definition) is 1. The fraction of sp³-hybridized carbons (Fsp3) is 0.571. The molecule has 0 unspecified atom stereocenters. The molecule has 0 aliphatic carbocycles. The number of aromatic amines is 1. The topological polar surface area (TPSA) is 88.9 Å². The summed E-state index contributed by atoms with van der Waals surface area (Å²) >= 11 is 0. The minimum absolute atomic E-state index is 0.0655. The Morgan fingerprint density at radius 1 is 1.36 bits per heavy atom. The monoisotopic (exact) mass is 304 g/mol. The normalized spacial score (nSPS) is 18.2. The van der Waals surface area contributed by atoms with Crippen molar-refractivity contribution in [2.24, 2.45) is 0 Å². The summed E-state index contributed by atoms with van der Waals surface area (Å²) in [6.45, 7) is 8.87. The predicted octanol–water partition coefficient (Wildman–Crippen LogP) is 1.98. The molecule has 2 aromatic rings. The molecule has 1 aliphatic heterocycles. The van der Waals surface area contributed by atoms with E-state index in [1.165, 1.54) is 0 Å². The van der Waals surface area contributed by atoms with Gasteiger partial charge < -0.3 is 9.30 Å². The van der Waals surface area contributed by atoms with E-state index in [1.807, 2.05) is 39.8 Å². The van der Waals surface area contributed by atoms with Crippen LogP contribution >= 0.6 is 0 Å². The maximum atomic E-state index is 12.3. The second-order valence-electron chi connectivity index (χ2n) is 6.38. The molecule has 0 spiro atoms. The minimum Gasteiger partial charge on any atom is -0.444 e. The Bertz CT molecular complexity index is 670. The van der Waals surface area contributed by atoms with E-state index >= 15 is 0 Å². The number of aromatic nitrogens is 5. The molecule has 0 saturated heterocycles. The van der Waals surface area contributed by atoms with Gasteiger partial charge in [0.2, 0.25) is 5.82 Å². The molecule has 22 heavy (non-hydrogen) atoms. The average molecular weight is 304 g/mol. The van der Waals surface area contributed by atoms with E-state index in [4.69, 9.17) is 4.74 Å². The first-order valence-electron chi connectivity index (χ1n) is 7.29. The van der Waals surface area contributed by atoms with Crippen molar-refractivity contribution in [2.45, 2.75) is 45.9 Å². The molecule has 8 heteroatoms. The fourth-order valence-corrected chi connectivity index (χ4v) is 2.69. The average Bonchev–Trinajstić information content (AvgIpc) is 3.05. The van der Waals surface area contributed by atoms with Gasteiger partial charge in [0.25, 0.3) is 0 Å². The van der Waals surface area contributed by atoms with Crippen molar-refractivity contribution in [3.63, 3.8) is 0 Å². The van der Waals surface area contributed by atoms with Gasteiger partial charge in [-0.05, 0) is 45.0 Å². The van der Waals surface area contributed by atoms with Crippen LogP contribution in [-0.4, -0.2) is 48.3 Å². The van der Waals surface area contributed by atoms with Crippen LogP contribution in [-0.2, 0) is 11.3 Å². The summed E-state index contributed by atoms with van der Waals surface area (Å²) in [5, 5.41) is 14.1. The third-order valence-electron chi connectivity index (χ3n) is 3.68. The van der Waals surface area contributed by atoms with Crippen LogP contribution in [0.25, 0.3) is 11.5 Å². The Morgan fingerprint density at radius 2 is 2.14 bits per heavy atom. The fourth-order valence-electron chi connectivity index (χ4n) is 2.69. The SMILES string of the molecule is C[C@@H]1c2ccc(-c3nn[nH]n3)n2CCN1C(=O)OC(C)(C)C. The van der Waals surface area contributed by atoms with Crippen LogP contribution in [0.15, 0.2) is 12.1 Å². The molecule has 118 valence electrons. The molecule has 1 aliphatic rings. The lowest BCUT2D eigenvalue weighted by molar-refractivity contribution is 0.0127. The number of carbonyl (C=O) groups excluding carboxylic acids is 1. The van der Waals surface area contributed by atoms with Crippen molar-refractivity contribution in [3.05, 3.63) is 17.8 Å². The number of carbonyl (C=O) groups is 1. The van der Waals surface area contributed by atoms with Gasteiger partial charge in [0.05, 0.1) is 11.7 Å². The summed E-state index contributed by atoms with van der Waals surface area (Å²) in [7, 11) is 0. The first kappa shape index (κ1) is 14.6. The number of H-pyrrole nitrogens is 1. The summed E-state index contributed by atoms with van der Waals surface area (Å²) in [5.41, 5.74) is 1.45. The maximum Gasteiger partial charge on any atom is 0.410 e. The quantitative estimate of drug-likeness (QED) is 0.870. The number of hydrogen-bond acceptors (Lipinski definition) is 5. The molecule has 3 rings (SSSR count). The second kappa shape index (κ2) is 5.11. The number of amides is 1. The van der Waals surface area contributed by atoms with Crippen molar-refractivity contribution in [3.8, 4) is 11.5 Å². The summed E-state index contributed by atoms with van der Waals surface area (Å²) in [4.78, 5) is 14.1. The zero-order valence-corrected chi connectivity index (χ0v) is 13.2. The van der Waals surface area contributed by atoms with Crippen molar-refractivity contribution in [2.75, 3.05) is 6.54 Å². The van der Waals surface area contributed by atoms with Crippen LogP contribution in [0, 0.1) is 0 Å². The lowest BCUT2D eigenvalue weighted by atomic mass is 10.1. The van der Waals surface area contributed by atoms with Crippen molar-refractivity contribution < 1.29 is 9.53 Å². The lowest BCUT2D eigenvalue weighted by Gasteiger charge is -2.36. The molecular weight excluding hydrogens is 284 g/mol. The van der Waals surface area contributed by atoms with Gasteiger partial charge in [-0.15, -0.1) is 10.2 Å². The number of nitrogens with one attached hydrogen (secondary N) is 1.